The highest BCUT2D eigenvalue weighted by Crippen LogP contribution is 2.11. The van der Waals surface area contributed by atoms with Crippen molar-refractivity contribution in [2.24, 2.45) is 0 Å². The zero-order valence-electron chi connectivity index (χ0n) is 38.6. The molecular formula is C55H84O6. The Hall–Kier alpha value is -4.45. The van der Waals surface area contributed by atoms with Gasteiger partial charge >= 0.3 is 17.9 Å². The van der Waals surface area contributed by atoms with E-state index in [0.717, 1.165) is 83.5 Å². The van der Waals surface area contributed by atoms with Crippen LogP contribution in [0.5, 0.6) is 0 Å². The van der Waals surface area contributed by atoms with Crippen LogP contribution in [-0.4, -0.2) is 37.2 Å². The summed E-state index contributed by atoms with van der Waals surface area (Å²) in [5, 5.41) is 0. The molecule has 0 bridgehead atoms. The number of allylic oxidation sites excluding steroid dienone is 22. The van der Waals surface area contributed by atoms with Crippen LogP contribution >= 0.6 is 0 Å². The third kappa shape index (κ3) is 46.5. The van der Waals surface area contributed by atoms with E-state index < -0.39 is 6.10 Å². The normalized spacial score (nSPS) is 13.3. The molecule has 0 rings (SSSR count). The lowest BCUT2D eigenvalue weighted by Crippen LogP contribution is -2.30. The number of rotatable bonds is 40. The first-order valence-corrected chi connectivity index (χ1v) is 23.8. The van der Waals surface area contributed by atoms with Gasteiger partial charge in [0.05, 0.1) is 0 Å². The van der Waals surface area contributed by atoms with Crippen molar-refractivity contribution in [3.05, 3.63) is 134 Å². The Bertz CT molecular complexity index is 1380. The van der Waals surface area contributed by atoms with Gasteiger partial charge in [-0.1, -0.05) is 212 Å². The molecule has 0 saturated carbocycles. The van der Waals surface area contributed by atoms with Gasteiger partial charge in [0, 0.05) is 19.3 Å². The number of carbonyl (C=O) groups excluding carboxylic acids is 3. The molecule has 1 atom stereocenters. The number of esters is 3. The topological polar surface area (TPSA) is 78.9 Å². The van der Waals surface area contributed by atoms with E-state index in [1.54, 1.807) is 0 Å². The Morgan fingerprint density at radius 1 is 0.361 bits per heavy atom. The van der Waals surface area contributed by atoms with Crippen LogP contribution in [0.15, 0.2) is 134 Å². The molecule has 61 heavy (non-hydrogen) atoms. The number of hydrogen-bond donors (Lipinski definition) is 0. The van der Waals surface area contributed by atoms with E-state index in [1.165, 1.54) is 38.5 Å². The maximum absolute atomic E-state index is 12.7. The minimum Gasteiger partial charge on any atom is -0.462 e. The highest BCUT2D eigenvalue weighted by molar-refractivity contribution is 5.71. The Balaban J connectivity index is 4.61. The summed E-state index contributed by atoms with van der Waals surface area (Å²) in [5.41, 5.74) is 0. The van der Waals surface area contributed by atoms with E-state index in [0.29, 0.717) is 12.8 Å². The molecule has 0 radical (unpaired) electrons. The molecule has 0 amide bonds. The van der Waals surface area contributed by atoms with Gasteiger partial charge in [0.15, 0.2) is 6.10 Å². The van der Waals surface area contributed by atoms with E-state index >= 15 is 0 Å². The molecule has 0 aliphatic heterocycles. The molecule has 0 aromatic carbocycles. The van der Waals surface area contributed by atoms with Crippen LogP contribution < -0.4 is 0 Å². The first-order valence-electron chi connectivity index (χ1n) is 23.8. The lowest BCUT2D eigenvalue weighted by atomic mass is 10.1. The van der Waals surface area contributed by atoms with E-state index in [2.05, 4.69) is 81.5 Å². The fourth-order valence-electron chi connectivity index (χ4n) is 5.82. The van der Waals surface area contributed by atoms with Crippen molar-refractivity contribution in [3.8, 4) is 0 Å². The van der Waals surface area contributed by atoms with Gasteiger partial charge in [-0.2, -0.15) is 0 Å². The van der Waals surface area contributed by atoms with Crippen molar-refractivity contribution < 1.29 is 28.6 Å². The molecular weight excluding hydrogens is 757 g/mol. The summed E-state index contributed by atoms with van der Waals surface area (Å²) in [7, 11) is 0. The highest BCUT2D eigenvalue weighted by Gasteiger charge is 2.19. The van der Waals surface area contributed by atoms with E-state index in [4.69, 9.17) is 14.2 Å². The molecule has 6 nitrogen and oxygen atoms in total. The Labute approximate surface area is 373 Å². The minimum atomic E-state index is -0.833. The molecule has 0 N–H and O–H groups in total. The predicted molar refractivity (Wildman–Crippen MR) is 260 cm³/mol. The second-order valence-electron chi connectivity index (χ2n) is 15.1. The molecule has 0 fully saturated rings. The Morgan fingerprint density at radius 3 is 1.25 bits per heavy atom. The third-order valence-corrected chi connectivity index (χ3v) is 9.36. The molecule has 0 aromatic rings. The van der Waals surface area contributed by atoms with Crippen LogP contribution in [0.3, 0.4) is 0 Å². The van der Waals surface area contributed by atoms with Gasteiger partial charge in [0.1, 0.15) is 13.2 Å². The van der Waals surface area contributed by atoms with Crippen molar-refractivity contribution in [1.29, 1.82) is 0 Å². The van der Waals surface area contributed by atoms with Crippen molar-refractivity contribution in [2.75, 3.05) is 13.2 Å². The van der Waals surface area contributed by atoms with Crippen LogP contribution in [0.4, 0.5) is 0 Å². The lowest BCUT2D eigenvalue weighted by Gasteiger charge is -2.18. The summed E-state index contributed by atoms with van der Waals surface area (Å²) in [5.74, 6) is -1.08. The number of hydrogen-bond acceptors (Lipinski definition) is 6. The second kappa shape index (κ2) is 48.2. The molecule has 340 valence electrons. The fourth-order valence-corrected chi connectivity index (χ4v) is 5.82. The summed E-state index contributed by atoms with van der Waals surface area (Å²) < 4.78 is 16.6. The van der Waals surface area contributed by atoms with Crippen molar-refractivity contribution in [3.63, 3.8) is 0 Å². The summed E-state index contributed by atoms with van der Waals surface area (Å²) in [6.07, 6.45) is 67.3. The fraction of sp³-hybridized carbons (Fsp3) is 0.545. The van der Waals surface area contributed by atoms with Gasteiger partial charge in [-0.3, -0.25) is 14.4 Å². The number of carbonyl (C=O) groups is 3. The maximum atomic E-state index is 12.7. The van der Waals surface area contributed by atoms with Gasteiger partial charge < -0.3 is 14.2 Å². The Kier molecular flexibility index (Phi) is 44.7. The molecule has 0 aliphatic carbocycles. The van der Waals surface area contributed by atoms with Crippen LogP contribution in [0, 0.1) is 0 Å². The number of ether oxygens (including phenoxy) is 3. The maximum Gasteiger partial charge on any atom is 0.306 e. The molecule has 6 heteroatoms. The first-order chi connectivity index (χ1) is 30.0. The Morgan fingerprint density at radius 2 is 0.738 bits per heavy atom. The summed E-state index contributed by atoms with van der Waals surface area (Å²) in [4.78, 5) is 37.8. The molecule has 0 saturated heterocycles. The lowest BCUT2D eigenvalue weighted by molar-refractivity contribution is -0.166. The van der Waals surface area contributed by atoms with Gasteiger partial charge in [-0.05, 0) is 77.0 Å². The SMILES string of the molecule is CC\C=C/C=C\C=C/C=C\C=C\C=C/CCCCCC(=O)OCC(COC(=O)CC/C=C\C/C=C\CCCCCCCC)OC(=O)CCCCCCC\C=C/C=C\C=C/CC. The molecule has 0 spiro atoms. The van der Waals surface area contributed by atoms with Crippen molar-refractivity contribution >= 4 is 17.9 Å². The van der Waals surface area contributed by atoms with Crippen molar-refractivity contribution in [2.45, 2.75) is 181 Å². The summed E-state index contributed by atoms with van der Waals surface area (Å²) in [6.45, 7) is 6.21. The minimum absolute atomic E-state index is 0.132. The van der Waals surface area contributed by atoms with Crippen LogP contribution in [0.25, 0.3) is 0 Å². The van der Waals surface area contributed by atoms with Crippen LogP contribution in [0.2, 0.25) is 0 Å². The zero-order chi connectivity index (χ0) is 44.4. The first kappa shape index (κ1) is 56.5. The number of unbranched alkanes of at least 4 members (excludes halogenated alkanes) is 14. The summed E-state index contributed by atoms with van der Waals surface area (Å²) in [6, 6.07) is 0. The second-order valence-corrected chi connectivity index (χ2v) is 15.1. The smallest absolute Gasteiger partial charge is 0.306 e. The average molecular weight is 841 g/mol. The van der Waals surface area contributed by atoms with Crippen LogP contribution in [-0.2, 0) is 28.6 Å². The van der Waals surface area contributed by atoms with Gasteiger partial charge in [0.25, 0.3) is 0 Å². The molecule has 0 heterocycles. The van der Waals surface area contributed by atoms with Crippen molar-refractivity contribution in [1.82, 2.24) is 0 Å². The van der Waals surface area contributed by atoms with E-state index in [-0.39, 0.29) is 50.4 Å². The molecule has 0 aliphatic rings. The van der Waals surface area contributed by atoms with Gasteiger partial charge in [-0.15, -0.1) is 0 Å². The van der Waals surface area contributed by atoms with E-state index in [9.17, 15) is 14.4 Å². The molecule has 0 aromatic heterocycles. The quantitative estimate of drug-likeness (QED) is 0.0201. The average Bonchev–Trinajstić information content (AvgIpc) is 3.26. The predicted octanol–water partition coefficient (Wildman–Crippen LogP) is 15.5. The van der Waals surface area contributed by atoms with Crippen LogP contribution in [0.1, 0.15) is 175 Å². The molecule has 1 unspecified atom stereocenters. The zero-order valence-corrected chi connectivity index (χ0v) is 38.6. The standard InChI is InChI=1S/C55H84O6/c1-4-7-10-13-16-19-22-25-26-27-28-31-33-36-39-42-45-48-54(57)60-51-52(61-55(58)49-46-43-40-37-34-30-24-21-18-15-12-9-6-3)50-59-53(56)47-44-41-38-35-32-29-23-20-17-14-11-8-5-2/h7,9-10,12-13,15-16,18-19,21-22,24-29,31-33,38,41,52H,4-6,8,11,14,17,20,23,30,34-37,39-40,42-51H2,1-3H3/b10-7-,12-9-,16-13-,18-15-,22-19-,24-21-,26-25-,28-27+,32-29-,33-31-,41-38-. The van der Waals surface area contributed by atoms with E-state index in [1.807, 2.05) is 72.9 Å². The van der Waals surface area contributed by atoms with Gasteiger partial charge in [0.2, 0.25) is 0 Å². The largest absolute Gasteiger partial charge is 0.462 e. The van der Waals surface area contributed by atoms with Gasteiger partial charge in [-0.25, -0.2) is 0 Å². The third-order valence-electron chi connectivity index (χ3n) is 9.36. The monoisotopic (exact) mass is 841 g/mol. The summed E-state index contributed by atoms with van der Waals surface area (Å²) >= 11 is 0. The highest BCUT2D eigenvalue weighted by atomic mass is 16.6.